The molecule has 0 aliphatic rings. The molecule has 9 heteroatoms. The van der Waals surface area contributed by atoms with Gasteiger partial charge in [-0.2, -0.15) is 5.10 Å². The van der Waals surface area contributed by atoms with E-state index in [0.717, 1.165) is 12.8 Å². The quantitative estimate of drug-likeness (QED) is 0.736. The number of hydrogen-bond donors (Lipinski definition) is 2. The van der Waals surface area contributed by atoms with E-state index in [0.29, 0.717) is 17.3 Å². The molecule has 2 aromatic rings. The number of esters is 1. The summed E-state index contributed by atoms with van der Waals surface area (Å²) >= 11 is 0. The summed E-state index contributed by atoms with van der Waals surface area (Å²) in [5.41, 5.74) is 4.49. The molecule has 0 saturated carbocycles. The van der Waals surface area contributed by atoms with Gasteiger partial charge in [-0.25, -0.2) is 14.3 Å². The van der Waals surface area contributed by atoms with Crippen LogP contribution in [0.5, 0.6) is 0 Å². The standard InChI is InChI=1S/C17H20N4O5/c1-3-4-9-21-15(23)12-8-6-5-7-11(12)13(20-21)16(24)26-10(2)14(22)19-17(18)25/h5-8,10H,3-4,9H2,1-2H3,(H3,18,19,22,25)/t10-/m1/s1. The van der Waals surface area contributed by atoms with Crippen LogP contribution in [0.1, 0.15) is 37.2 Å². The molecule has 0 saturated heterocycles. The monoisotopic (exact) mass is 360 g/mol. The Morgan fingerprint density at radius 1 is 1.27 bits per heavy atom. The zero-order valence-electron chi connectivity index (χ0n) is 14.5. The number of aromatic nitrogens is 2. The number of unbranched alkanes of at least 4 members (excludes halogenated alkanes) is 1. The predicted octanol–water partition coefficient (Wildman–Crippen LogP) is 0.937. The molecule has 1 atom stereocenters. The van der Waals surface area contributed by atoms with Crippen LogP contribution in [-0.2, 0) is 16.1 Å². The van der Waals surface area contributed by atoms with Crippen molar-refractivity contribution in [1.82, 2.24) is 15.1 Å². The van der Waals surface area contributed by atoms with Crippen LogP contribution in [0, 0.1) is 0 Å². The molecule has 0 fully saturated rings. The molecule has 2 rings (SSSR count). The molecule has 138 valence electrons. The van der Waals surface area contributed by atoms with E-state index in [1.54, 1.807) is 24.3 Å². The maximum Gasteiger partial charge on any atom is 0.360 e. The maximum atomic E-state index is 12.5. The summed E-state index contributed by atoms with van der Waals surface area (Å²) in [7, 11) is 0. The number of ether oxygens (including phenoxy) is 1. The number of nitrogens with one attached hydrogen (secondary N) is 1. The molecule has 1 aromatic carbocycles. The van der Waals surface area contributed by atoms with Crippen molar-refractivity contribution >= 4 is 28.7 Å². The van der Waals surface area contributed by atoms with Gasteiger partial charge < -0.3 is 10.5 Å². The number of carbonyl (C=O) groups excluding carboxylic acids is 3. The number of urea groups is 1. The molecule has 0 spiro atoms. The molecule has 0 bridgehead atoms. The Hall–Kier alpha value is -3.23. The van der Waals surface area contributed by atoms with Crippen LogP contribution in [-0.4, -0.2) is 33.8 Å². The topological polar surface area (TPSA) is 133 Å². The van der Waals surface area contributed by atoms with Gasteiger partial charge in [0.15, 0.2) is 11.8 Å². The average molecular weight is 360 g/mol. The first-order chi connectivity index (χ1) is 12.3. The fourth-order valence-electron chi connectivity index (χ4n) is 2.34. The van der Waals surface area contributed by atoms with Crippen molar-refractivity contribution in [3.63, 3.8) is 0 Å². The van der Waals surface area contributed by atoms with Crippen molar-refractivity contribution in [1.29, 1.82) is 0 Å². The predicted molar refractivity (Wildman–Crippen MR) is 93.5 cm³/mol. The third kappa shape index (κ3) is 4.24. The molecule has 3 N–H and O–H groups in total. The van der Waals surface area contributed by atoms with Crippen molar-refractivity contribution in [2.24, 2.45) is 5.73 Å². The first-order valence-electron chi connectivity index (χ1n) is 8.16. The van der Waals surface area contributed by atoms with Gasteiger partial charge in [0.2, 0.25) is 0 Å². The molecule has 3 amide bonds. The van der Waals surface area contributed by atoms with E-state index in [1.807, 2.05) is 12.2 Å². The van der Waals surface area contributed by atoms with E-state index in [1.165, 1.54) is 11.6 Å². The normalized spacial score (nSPS) is 11.8. The van der Waals surface area contributed by atoms with E-state index >= 15 is 0 Å². The molecule has 0 aliphatic heterocycles. The Morgan fingerprint density at radius 3 is 2.54 bits per heavy atom. The largest absolute Gasteiger partial charge is 0.448 e. The smallest absolute Gasteiger partial charge is 0.360 e. The second-order valence-electron chi connectivity index (χ2n) is 5.68. The molecule has 0 aliphatic carbocycles. The summed E-state index contributed by atoms with van der Waals surface area (Å²) in [6, 6.07) is 5.49. The van der Waals surface area contributed by atoms with Crippen LogP contribution < -0.4 is 16.6 Å². The third-order valence-electron chi connectivity index (χ3n) is 3.68. The van der Waals surface area contributed by atoms with Crippen LogP contribution in [0.25, 0.3) is 10.8 Å². The van der Waals surface area contributed by atoms with E-state index in [4.69, 9.17) is 10.5 Å². The number of primary amides is 1. The highest BCUT2D eigenvalue weighted by atomic mass is 16.5. The minimum absolute atomic E-state index is 0.0740. The number of nitrogens with two attached hydrogens (primary N) is 1. The highest BCUT2D eigenvalue weighted by Crippen LogP contribution is 2.15. The molecular weight excluding hydrogens is 340 g/mol. The number of benzene rings is 1. The number of aryl methyl sites for hydroxylation is 1. The van der Waals surface area contributed by atoms with Crippen molar-refractivity contribution < 1.29 is 19.1 Å². The summed E-state index contributed by atoms with van der Waals surface area (Å²) in [4.78, 5) is 47.4. The fraction of sp³-hybridized carbons (Fsp3) is 0.353. The van der Waals surface area contributed by atoms with Crippen LogP contribution in [0.15, 0.2) is 29.1 Å². The van der Waals surface area contributed by atoms with E-state index in [9.17, 15) is 19.2 Å². The number of amides is 3. The Labute approximate surface area is 149 Å². The Morgan fingerprint density at radius 2 is 1.92 bits per heavy atom. The Balaban J connectivity index is 2.39. The van der Waals surface area contributed by atoms with Gasteiger partial charge in [-0.15, -0.1) is 0 Å². The van der Waals surface area contributed by atoms with Gasteiger partial charge in [-0.3, -0.25) is 14.9 Å². The second kappa shape index (κ2) is 8.24. The molecule has 0 radical (unpaired) electrons. The van der Waals surface area contributed by atoms with Gasteiger partial charge in [0.25, 0.3) is 11.5 Å². The van der Waals surface area contributed by atoms with Crippen LogP contribution in [0.2, 0.25) is 0 Å². The Bertz CT molecular complexity index is 906. The van der Waals surface area contributed by atoms with Crippen LogP contribution in [0.3, 0.4) is 0 Å². The minimum Gasteiger partial charge on any atom is -0.448 e. The van der Waals surface area contributed by atoms with Crippen LogP contribution in [0.4, 0.5) is 4.79 Å². The molecule has 26 heavy (non-hydrogen) atoms. The van der Waals surface area contributed by atoms with Crippen molar-refractivity contribution in [2.45, 2.75) is 39.3 Å². The first kappa shape index (κ1) is 19.1. The second-order valence-corrected chi connectivity index (χ2v) is 5.68. The summed E-state index contributed by atoms with van der Waals surface area (Å²) in [5, 5.41) is 6.61. The SMILES string of the molecule is CCCCn1nc(C(=O)O[C@H](C)C(=O)NC(N)=O)c2ccccc2c1=O. The molecule has 9 nitrogen and oxygen atoms in total. The maximum absolute atomic E-state index is 12.5. The summed E-state index contributed by atoms with van der Waals surface area (Å²) < 4.78 is 6.29. The highest BCUT2D eigenvalue weighted by Gasteiger charge is 2.23. The summed E-state index contributed by atoms with van der Waals surface area (Å²) in [6.45, 7) is 3.63. The summed E-state index contributed by atoms with van der Waals surface area (Å²) in [6.07, 6.45) is 0.314. The average Bonchev–Trinajstić information content (AvgIpc) is 2.60. The van der Waals surface area contributed by atoms with E-state index in [-0.39, 0.29) is 11.3 Å². The molecule has 1 heterocycles. The van der Waals surface area contributed by atoms with Crippen molar-refractivity contribution in [2.75, 3.05) is 0 Å². The number of nitrogens with zero attached hydrogens (tertiary/aromatic N) is 2. The van der Waals surface area contributed by atoms with Gasteiger partial charge in [0, 0.05) is 11.9 Å². The fourth-order valence-corrected chi connectivity index (χ4v) is 2.34. The van der Waals surface area contributed by atoms with Gasteiger partial charge in [-0.05, 0) is 19.4 Å². The lowest BCUT2D eigenvalue weighted by Gasteiger charge is -2.14. The zero-order chi connectivity index (χ0) is 19.3. The van der Waals surface area contributed by atoms with Gasteiger partial charge in [0.05, 0.1) is 5.39 Å². The minimum atomic E-state index is -1.26. The van der Waals surface area contributed by atoms with Crippen LogP contribution >= 0.6 is 0 Å². The molecule has 1 aromatic heterocycles. The van der Waals surface area contributed by atoms with Crippen molar-refractivity contribution in [3.05, 3.63) is 40.3 Å². The van der Waals surface area contributed by atoms with Gasteiger partial charge in [0.1, 0.15) is 0 Å². The number of rotatable bonds is 6. The highest BCUT2D eigenvalue weighted by molar-refractivity contribution is 6.03. The number of hydrogen-bond acceptors (Lipinski definition) is 6. The summed E-state index contributed by atoms with van der Waals surface area (Å²) in [5.74, 6) is -1.73. The lowest BCUT2D eigenvalue weighted by molar-refractivity contribution is -0.127. The Kier molecular flexibility index (Phi) is 6.05. The molecule has 0 unspecified atom stereocenters. The third-order valence-corrected chi connectivity index (χ3v) is 3.68. The van der Waals surface area contributed by atoms with Gasteiger partial charge in [-0.1, -0.05) is 31.5 Å². The molecular formula is C17H20N4O5. The number of carbonyl (C=O) groups is 3. The number of fused-ring (bicyclic) bond motifs is 1. The lowest BCUT2D eigenvalue weighted by atomic mass is 10.1. The zero-order valence-corrected chi connectivity index (χ0v) is 14.5. The first-order valence-corrected chi connectivity index (χ1v) is 8.16. The van der Waals surface area contributed by atoms with Crippen molar-refractivity contribution in [3.8, 4) is 0 Å². The lowest BCUT2D eigenvalue weighted by Crippen LogP contribution is -2.42. The van der Waals surface area contributed by atoms with E-state index < -0.39 is 24.0 Å². The number of imide groups is 1. The van der Waals surface area contributed by atoms with Gasteiger partial charge >= 0.3 is 12.0 Å². The van der Waals surface area contributed by atoms with E-state index in [2.05, 4.69) is 5.10 Å².